The lowest BCUT2D eigenvalue weighted by Gasteiger charge is -2.31. The molecule has 0 aliphatic carbocycles. The molecule has 1 aromatic carbocycles. The maximum absolute atomic E-state index is 12.1. The number of hydrogen-bond acceptors (Lipinski definition) is 5. The van der Waals surface area contributed by atoms with Crippen LogP contribution in [0.2, 0.25) is 0 Å². The van der Waals surface area contributed by atoms with Crippen molar-refractivity contribution < 1.29 is 13.9 Å². The van der Waals surface area contributed by atoms with E-state index in [0.717, 1.165) is 25.1 Å². The first-order valence-electron chi connectivity index (χ1n) is 8.35. The molecule has 1 aliphatic heterocycles. The summed E-state index contributed by atoms with van der Waals surface area (Å²) in [5.74, 6) is 2.19. The van der Waals surface area contributed by atoms with E-state index in [1.807, 2.05) is 30.3 Å². The Hall–Kier alpha value is -2.28. The van der Waals surface area contributed by atoms with Crippen LogP contribution in [0.15, 0.2) is 34.7 Å². The minimum atomic E-state index is -0.0995. The largest absolute Gasteiger partial charge is 0.484 e. The van der Waals surface area contributed by atoms with Gasteiger partial charge in [0, 0.05) is 25.5 Å². The number of amides is 2. The number of ether oxygens (including phenoxy) is 1. The second-order valence-electron chi connectivity index (χ2n) is 5.84. The van der Waals surface area contributed by atoms with Crippen LogP contribution in [0.3, 0.4) is 0 Å². The lowest BCUT2D eigenvalue weighted by atomic mass is 9.98. The number of halogens is 1. The van der Waals surface area contributed by atoms with Crippen molar-refractivity contribution in [2.45, 2.75) is 25.4 Å². The van der Waals surface area contributed by atoms with E-state index in [2.05, 4.69) is 15.5 Å². The molecule has 134 valence electrons. The molecule has 1 N–H and O–H groups in total. The highest BCUT2D eigenvalue weighted by Gasteiger charge is 2.28. The van der Waals surface area contributed by atoms with E-state index < -0.39 is 0 Å². The number of alkyl halides is 1. The second-order valence-corrected chi connectivity index (χ2v) is 6.22. The van der Waals surface area contributed by atoms with Crippen LogP contribution in [0.25, 0.3) is 0 Å². The first-order valence-corrected chi connectivity index (χ1v) is 8.88. The fraction of sp³-hybridized carbons (Fsp3) is 0.471. The van der Waals surface area contributed by atoms with Gasteiger partial charge in [0.1, 0.15) is 5.75 Å². The number of carbonyl (C=O) groups is 1. The number of carbonyl (C=O) groups excluding carboxylic acids is 1. The fourth-order valence-corrected chi connectivity index (χ4v) is 2.88. The molecule has 8 heteroatoms. The van der Waals surface area contributed by atoms with Crippen LogP contribution in [0, 0.1) is 0 Å². The van der Waals surface area contributed by atoms with Crippen molar-refractivity contribution >= 4 is 17.6 Å². The molecule has 1 atom stereocenters. The summed E-state index contributed by atoms with van der Waals surface area (Å²) in [5.41, 5.74) is 0. The molecule has 1 aliphatic rings. The Bertz CT molecular complexity index is 680. The third-order valence-electron chi connectivity index (χ3n) is 4.02. The Kier molecular flexibility index (Phi) is 6.11. The van der Waals surface area contributed by atoms with E-state index >= 15 is 0 Å². The molecule has 0 radical (unpaired) electrons. The van der Waals surface area contributed by atoms with E-state index in [1.165, 1.54) is 0 Å². The average Bonchev–Trinajstić information content (AvgIpc) is 3.14. The number of piperidine rings is 1. The molecule has 0 saturated carbocycles. The van der Waals surface area contributed by atoms with Crippen LogP contribution >= 0.6 is 11.6 Å². The highest BCUT2D eigenvalue weighted by atomic mass is 35.5. The predicted octanol–water partition coefficient (Wildman–Crippen LogP) is 2.78. The SMILES string of the molecule is O=C(NCCCl)N1CCCC(c2nnc(COc3ccccc3)o2)C1. The van der Waals surface area contributed by atoms with Crippen molar-refractivity contribution in [3.8, 4) is 5.75 Å². The van der Waals surface area contributed by atoms with Gasteiger partial charge in [0.15, 0.2) is 6.61 Å². The zero-order valence-corrected chi connectivity index (χ0v) is 14.6. The van der Waals surface area contributed by atoms with Gasteiger partial charge >= 0.3 is 6.03 Å². The van der Waals surface area contributed by atoms with Gasteiger partial charge in [-0.2, -0.15) is 0 Å². The molecule has 1 fully saturated rings. The van der Waals surface area contributed by atoms with Gasteiger partial charge in [0.2, 0.25) is 5.89 Å². The first-order chi connectivity index (χ1) is 12.3. The van der Waals surface area contributed by atoms with Crippen molar-refractivity contribution in [1.82, 2.24) is 20.4 Å². The van der Waals surface area contributed by atoms with Crippen LogP contribution in [0.4, 0.5) is 4.79 Å². The summed E-state index contributed by atoms with van der Waals surface area (Å²) in [6, 6.07) is 9.37. The Morgan fingerprint density at radius 1 is 1.36 bits per heavy atom. The summed E-state index contributed by atoms with van der Waals surface area (Å²) in [7, 11) is 0. The zero-order chi connectivity index (χ0) is 17.5. The van der Waals surface area contributed by atoms with E-state index in [9.17, 15) is 4.79 Å². The van der Waals surface area contributed by atoms with Crippen LogP contribution < -0.4 is 10.1 Å². The molecule has 2 heterocycles. The minimum absolute atomic E-state index is 0.0495. The van der Waals surface area contributed by atoms with Crippen LogP contribution in [-0.2, 0) is 6.61 Å². The van der Waals surface area contributed by atoms with Gasteiger partial charge in [-0.15, -0.1) is 21.8 Å². The van der Waals surface area contributed by atoms with Gasteiger partial charge in [-0.1, -0.05) is 18.2 Å². The van der Waals surface area contributed by atoms with Gasteiger partial charge in [0.05, 0.1) is 5.92 Å². The Morgan fingerprint density at radius 2 is 2.20 bits per heavy atom. The molecule has 25 heavy (non-hydrogen) atoms. The second kappa shape index (κ2) is 8.71. The quantitative estimate of drug-likeness (QED) is 0.797. The third kappa shape index (κ3) is 4.85. The number of aromatic nitrogens is 2. The van der Waals surface area contributed by atoms with Gasteiger partial charge in [-0.05, 0) is 25.0 Å². The van der Waals surface area contributed by atoms with E-state index in [1.54, 1.807) is 4.90 Å². The number of rotatable bonds is 6. The number of nitrogens with one attached hydrogen (secondary N) is 1. The summed E-state index contributed by atoms with van der Waals surface area (Å²) in [6.45, 7) is 1.98. The standard InChI is InChI=1S/C17H21ClN4O3/c18-8-9-19-17(23)22-10-4-5-13(11-22)16-21-20-15(25-16)12-24-14-6-2-1-3-7-14/h1-3,6-7,13H,4-5,8-12H2,(H,19,23). The predicted molar refractivity (Wildman–Crippen MR) is 92.7 cm³/mol. The lowest BCUT2D eigenvalue weighted by Crippen LogP contribution is -2.45. The van der Waals surface area contributed by atoms with E-state index in [-0.39, 0.29) is 18.6 Å². The molecule has 3 rings (SSSR count). The Morgan fingerprint density at radius 3 is 3.00 bits per heavy atom. The topological polar surface area (TPSA) is 80.5 Å². The molecular formula is C17H21ClN4O3. The summed E-state index contributed by atoms with van der Waals surface area (Å²) in [5, 5.41) is 11.0. The summed E-state index contributed by atoms with van der Waals surface area (Å²) >= 11 is 5.61. The molecule has 1 aromatic heterocycles. The molecular weight excluding hydrogens is 344 g/mol. The Balaban J connectivity index is 1.55. The van der Waals surface area contributed by atoms with E-state index in [4.69, 9.17) is 20.8 Å². The maximum Gasteiger partial charge on any atom is 0.317 e. The van der Waals surface area contributed by atoms with Gasteiger partial charge < -0.3 is 19.4 Å². The molecule has 2 aromatic rings. The summed E-state index contributed by atoms with van der Waals surface area (Å²) < 4.78 is 11.3. The number of urea groups is 1. The molecule has 1 unspecified atom stereocenters. The van der Waals surface area contributed by atoms with Crippen molar-refractivity contribution in [1.29, 1.82) is 0 Å². The number of benzene rings is 1. The molecule has 7 nitrogen and oxygen atoms in total. The fourth-order valence-electron chi connectivity index (χ4n) is 2.78. The third-order valence-corrected chi connectivity index (χ3v) is 4.21. The van der Waals surface area contributed by atoms with Crippen LogP contribution in [0.1, 0.15) is 30.5 Å². The average molecular weight is 365 g/mol. The summed E-state index contributed by atoms with van der Waals surface area (Å²) in [4.78, 5) is 13.8. The van der Waals surface area contributed by atoms with Gasteiger partial charge in [-0.25, -0.2) is 4.79 Å². The zero-order valence-electron chi connectivity index (χ0n) is 13.9. The number of hydrogen-bond donors (Lipinski definition) is 1. The number of nitrogens with zero attached hydrogens (tertiary/aromatic N) is 3. The van der Waals surface area contributed by atoms with E-state index in [0.29, 0.717) is 30.8 Å². The van der Waals surface area contributed by atoms with Gasteiger partial charge in [-0.3, -0.25) is 0 Å². The monoisotopic (exact) mass is 364 g/mol. The molecule has 1 saturated heterocycles. The lowest BCUT2D eigenvalue weighted by molar-refractivity contribution is 0.173. The Labute approximate surface area is 151 Å². The summed E-state index contributed by atoms with van der Waals surface area (Å²) in [6.07, 6.45) is 1.82. The van der Waals surface area contributed by atoms with Gasteiger partial charge in [0.25, 0.3) is 5.89 Å². The normalized spacial score (nSPS) is 17.3. The smallest absolute Gasteiger partial charge is 0.317 e. The number of para-hydroxylation sites is 1. The van der Waals surface area contributed by atoms with Crippen molar-refractivity contribution in [3.05, 3.63) is 42.1 Å². The van der Waals surface area contributed by atoms with Crippen LogP contribution in [0.5, 0.6) is 5.75 Å². The highest BCUT2D eigenvalue weighted by Crippen LogP contribution is 2.26. The minimum Gasteiger partial charge on any atom is -0.484 e. The van der Waals surface area contributed by atoms with Crippen molar-refractivity contribution in [2.24, 2.45) is 0 Å². The highest BCUT2D eigenvalue weighted by molar-refractivity contribution is 6.18. The van der Waals surface area contributed by atoms with Crippen molar-refractivity contribution in [3.63, 3.8) is 0 Å². The molecule has 0 spiro atoms. The number of likely N-dealkylation sites (tertiary alicyclic amines) is 1. The first kappa shape index (κ1) is 17.5. The van der Waals surface area contributed by atoms with Crippen molar-refractivity contribution in [2.75, 3.05) is 25.5 Å². The molecule has 0 bridgehead atoms. The molecule has 2 amide bonds. The van der Waals surface area contributed by atoms with Crippen LogP contribution in [-0.4, -0.2) is 46.6 Å². The maximum atomic E-state index is 12.1.